The number of hydrogen-bond donors (Lipinski definition) is 2. The van der Waals surface area contributed by atoms with Crippen molar-refractivity contribution in [3.63, 3.8) is 0 Å². The number of alkyl halides is 5. The summed E-state index contributed by atoms with van der Waals surface area (Å²) in [6.45, 7) is -0.616. The molecular formula is C20H15F5N4O. The quantitative estimate of drug-likeness (QED) is 0.564. The van der Waals surface area contributed by atoms with Gasteiger partial charge in [-0.05, 0) is 12.1 Å². The Labute approximate surface area is 167 Å². The molecule has 0 saturated carbocycles. The summed E-state index contributed by atoms with van der Waals surface area (Å²) in [6.07, 6.45) is -8.79. The number of aromatic nitrogens is 2. The lowest BCUT2D eigenvalue weighted by Gasteiger charge is -2.21. The third kappa shape index (κ3) is 3.71. The Morgan fingerprint density at radius 2 is 1.77 bits per heavy atom. The Bertz CT molecular complexity index is 1090. The average molecular weight is 422 g/mol. The Hall–Kier alpha value is -3.11. The summed E-state index contributed by atoms with van der Waals surface area (Å²) >= 11 is 0. The van der Waals surface area contributed by atoms with Gasteiger partial charge in [-0.15, -0.1) is 0 Å². The van der Waals surface area contributed by atoms with Crippen LogP contribution in [0.25, 0.3) is 22.6 Å². The van der Waals surface area contributed by atoms with Gasteiger partial charge in [0.15, 0.2) is 5.82 Å². The minimum atomic E-state index is -4.80. The molecule has 0 aliphatic carbocycles. The number of nitrogens with one attached hydrogen (secondary N) is 1. The van der Waals surface area contributed by atoms with E-state index in [4.69, 9.17) is 5.73 Å². The number of anilines is 1. The second-order valence-electron chi connectivity index (χ2n) is 6.62. The second-order valence-corrected chi connectivity index (χ2v) is 6.62. The summed E-state index contributed by atoms with van der Waals surface area (Å²) in [5, 5.41) is 2.63. The highest BCUT2D eigenvalue weighted by atomic mass is 19.4. The van der Waals surface area contributed by atoms with E-state index in [1.807, 2.05) is 0 Å². The number of ether oxygens (including phenoxy) is 1. The molecule has 1 aliphatic heterocycles. The highest BCUT2D eigenvalue weighted by Gasteiger charge is 2.40. The normalized spacial score (nSPS) is 16.0. The molecule has 0 fully saturated rings. The van der Waals surface area contributed by atoms with Crippen molar-refractivity contribution in [2.45, 2.75) is 18.8 Å². The van der Waals surface area contributed by atoms with Gasteiger partial charge in [-0.25, -0.2) is 9.97 Å². The van der Waals surface area contributed by atoms with E-state index in [0.29, 0.717) is 11.6 Å². The molecule has 1 aromatic heterocycles. The smallest absolute Gasteiger partial charge is 0.383 e. The number of benzene rings is 2. The van der Waals surface area contributed by atoms with Crippen molar-refractivity contribution in [2.24, 2.45) is 0 Å². The van der Waals surface area contributed by atoms with Gasteiger partial charge in [0, 0.05) is 23.2 Å². The Morgan fingerprint density at radius 1 is 1.03 bits per heavy atom. The molecule has 0 saturated heterocycles. The summed E-state index contributed by atoms with van der Waals surface area (Å²) in [7, 11) is 0. The third-order valence-corrected chi connectivity index (χ3v) is 4.64. The van der Waals surface area contributed by atoms with Gasteiger partial charge in [0.2, 0.25) is 0 Å². The number of rotatable bonds is 1. The molecule has 2 aromatic carbocycles. The van der Waals surface area contributed by atoms with Crippen molar-refractivity contribution in [1.29, 1.82) is 0 Å². The topological polar surface area (TPSA) is 73.1 Å². The number of hydrogen-bond acceptors (Lipinski definition) is 5. The molecule has 5 nitrogen and oxygen atoms in total. The fourth-order valence-electron chi connectivity index (χ4n) is 3.18. The molecule has 0 amide bonds. The minimum Gasteiger partial charge on any atom is -0.383 e. The van der Waals surface area contributed by atoms with Crippen LogP contribution in [0.5, 0.6) is 0 Å². The standard InChI is InChI=1S/C20H15F5N4O/c21-19(22,23)12-6-7-13-15(8-12)20(24,25)30-10-27-9-14-16(13)28-18(29-17(14)26)11-4-2-1-3-5-11/h1-8,27H,9-10H2,(H2,26,28,29). The molecule has 10 heteroatoms. The second kappa shape index (κ2) is 7.29. The van der Waals surface area contributed by atoms with Gasteiger partial charge in [-0.1, -0.05) is 36.4 Å². The fourth-order valence-corrected chi connectivity index (χ4v) is 3.18. The van der Waals surface area contributed by atoms with Crippen molar-refractivity contribution >= 4 is 5.82 Å². The van der Waals surface area contributed by atoms with Gasteiger partial charge in [0.25, 0.3) is 0 Å². The van der Waals surface area contributed by atoms with Crippen LogP contribution in [0.3, 0.4) is 0 Å². The zero-order valence-electron chi connectivity index (χ0n) is 15.3. The summed E-state index contributed by atoms with van der Waals surface area (Å²) in [4.78, 5) is 8.63. The largest absolute Gasteiger partial charge is 0.416 e. The predicted molar refractivity (Wildman–Crippen MR) is 99.0 cm³/mol. The number of fused-ring (bicyclic) bond motifs is 3. The lowest BCUT2D eigenvalue weighted by Crippen LogP contribution is -2.26. The monoisotopic (exact) mass is 422 g/mol. The third-order valence-electron chi connectivity index (χ3n) is 4.64. The van der Waals surface area contributed by atoms with Crippen molar-refractivity contribution in [3.05, 3.63) is 65.2 Å². The molecule has 0 spiro atoms. The van der Waals surface area contributed by atoms with Crippen molar-refractivity contribution in [3.8, 4) is 22.6 Å². The van der Waals surface area contributed by atoms with Gasteiger partial charge in [0.05, 0.1) is 16.8 Å². The summed E-state index contributed by atoms with van der Waals surface area (Å²) < 4.78 is 73.5. The molecule has 0 atom stereocenters. The van der Waals surface area contributed by atoms with E-state index < -0.39 is 30.1 Å². The van der Waals surface area contributed by atoms with Gasteiger partial charge in [-0.2, -0.15) is 22.0 Å². The summed E-state index contributed by atoms with van der Waals surface area (Å²) in [5.41, 5.74) is 4.59. The maximum Gasteiger partial charge on any atom is 0.416 e. The van der Waals surface area contributed by atoms with Crippen LogP contribution >= 0.6 is 0 Å². The molecule has 3 aromatic rings. The first-order valence-corrected chi connectivity index (χ1v) is 8.83. The zero-order chi connectivity index (χ0) is 21.5. The van der Waals surface area contributed by atoms with Gasteiger partial charge in [0.1, 0.15) is 12.5 Å². The molecule has 156 valence electrons. The van der Waals surface area contributed by atoms with E-state index in [1.54, 1.807) is 30.3 Å². The number of nitrogens with two attached hydrogens (primary N) is 1. The van der Waals surface area contributed by atoms with Crippen molar-refractivity contribution in [1.82, 2.24) is 15.3 Å². The molecule has 1 aliphatic rings. The number of nitrogen functional groups attached to an aromatic ring is 1. The molecule has 0 radical (unpaired) electrons. The minimum absolute atomic E-state index is 0.00716. The van der Waals surface area contributed by atoms with Crippen LogP contribution in [0.4, 0.5) is 27.8 Å². The van der Waals surface area contributed by atoms with Gasteiger partial charge < -0.3 is 10.5 Å². The van der Waals surface area contributed by atoms with Crippen molar-refractivity contribution in [2.75, 3.05) is 12.5 Å². The van der Waals surface area contributed by atoms with E-state index >= 15 is 0 Å². The molecule has 2 heterocycles. The van der Waals surface area contributed by atoms with E-state index in [-0.39, 0.29) is 35.0 Å². The maximum atomic E-state index is 14.7. The lowest BCUT2D eigenvalue weighted by atomic mass is 9.97. The highest BCUT2D eigenvalue weighted by molar-refractivity contribution is 5.74. The van der Waals surface area contributed by atoms with Crippen molar-refractivity contribution < 1.29 is 26.7 Å². The van der Waals surface area contributed by atoms with Gasteiger partial charge in [-0.3, -0.25) is 5.32 Å². The Morgan fingerprint density at radius 3 is 2.47 bits per heavy atom. The molecular weight excluding hydrogens is 407 g/mol. The van der Waals surface area contributed by atoms with E-state index in [0.717, 1.165) is 12.1 Å². The summed E-state index contributed by atoms with van der Waals surface area (Å²) in [5.74, 6) is 0.198. The predicted octanol–water partition coefficient (Wildman–Crippen LogP) is 4.54. The molecule has 30 heavy (non-hydrogen) atoms. The van der Waals surface area contributed by atoms with Gasteiger partial charge >= 0.3 is 12.3 Å². The highest BCUT2D eigenvalue weighted by Crippen LogP contribution is 2.42. The molecule has 0 bridgehead atoms. The Kier molecular flexibility index (Phi) is 4.91. The molecule has 0 unspecified atom stereocenters. The van der Waals surface area contributed by atoms with Crippen LogP contribution in [0.15, 0.2) is 48.5 Å². The lowest BCUT2D eigenvalue weighted by molar-refractivity contribution is -0.252. The maximum absolute atomic E-state index is 14.7. The average Bonchev–Trinajstić information content (AvgIpc) is 2.76. The Balaban J connectivity index is 2.00. The zero-order valence-corrected chi connectivity index (χ0v) is 15.3. The van der Waals surface area contributed by atoms with Crippen LogP contribution in [-0.4, -0.2) is 16.7 Å². The number of halogens is 5. The first kappa shape index (κ1) is 20.2. The molecule has 4 rings (SSSR count). The first-order chi connectivity index (χ1) is 14.2. The SMILES string of the molecule is Nc1nc(-c2ccccc2)nc2c1CNCOC(F)(F)c1cc(C(F)(F)F)ccc1-2. The summed E-state index contributed by atoms with van der Waals surface area (Å²) in [6, 6.07) is 10.7. The van der Waals surface area contributed by atoms with Crippen LogP contribution in [0, 0.1) is 0 Å². The number of nitrogens with zero attached hydrogens (tertiary/aromatic N) is 2. The van der Waals surface area contributed by atoms with E-state index in [1.165, 1.54) is 0 Å². The fraction of sp³-hybridized carbons (Fsp3) is 0.200. The van der Waals surface area contributed by atoms with Crippen LogP contribution in [0.1, 0.15) is 16.7 Å². The van der Waals surface area contributed by atoms with Crippen LogP contribution in [0.2, 0.25) is 0 Å². The van der Waals surface area contributed by atoms with E-state index in [2.05, 4.69) is 20.0 Å². The van der Waals surface area contributed by atoms with Crippen LogP contribution < -0.4 is 11.1 Å². The van der Waals surface area contributed by atoms with E-state index in [9.17, 15) is 22.0 Å². The molecule has 3 N–H and O–H groups in total. The van der Waals surface area contributed by atoms with Crippen LogP contribution in [-0.2, 0) is 23.6 Å². The first-order valence-electron chi connectivity index (χ1n) is 8.83.